The number of anilines is 4. The van der Waals surface area contributed by atoms with Crippen LogP contribution < -0.4 is 14.5 Å². The number of rotatable bonds is 5. The fourth-order valence-electron chi connectivity index (χ4n) is 7.12. The summed E-state index contributed by atoms with van der Waals surface area (Å²) >= 11 is 0. The number of hydrogen-bond acceptors (Lipinski definition) is 4. The van der Waals surface area contributed by atoms with Crippen molar-refractivity contribution in [2.45, 2.75) is 78.3 Å². The average Bonchev–Trinajstić information content (AvgIpc) is 3.77. The molecule has 0 unspecified atom stereocenters. The monoisotopic (exact) mass is 710 g/mol. The molecule has 5 heteroatoms. The molecular formula is C48H50N4O. The number of ether oxygens (including phenoxy) is 1. The largest absolute Gasteiger partial charge is 0.457 e. The van der Waals surface area contributed by atoms with Gasteiger partial charge in [0.1, 0.15) is 24.0 Å². The van der Waals surface area contributed by atoms with Crippen LogP contribution in [0.5, 0.6) is 11.5 Å². The van der Waals surface area contributed by atoms with E-state index in [0.717, 1.165) is 38.9 Å². The van der Waals surface area contributed by atoms with E-state index >= 15 is 0 Å². The van der Waals surface area contributed by atoms with E-state index in [1.165, 1.54) is 26.1 Å². The van der Waals surface area contributed by atoms with Gasteiger partial charge in [-0.05, 0) is 99.7 Å². The molecule has 7 aromatic rings. The molecule has 0 atom stereocenters. The molecule has 0 bridgehead atoms. The van der Waals surface area contributed by atoms with Crippen LogP contribution in [0.15, 0.2) is 128 Å². The van der Waals surface area contributed by atoms with Gasteiger partial charge in [0.2, 0.25) is 0 Å². The second-order valence-electron chi connectivity index (χ2n) is 15.3. The SMILES string of the molecule is [2H]C([2H])([2H])C(C)(c1cccc(N2CN(c3cc(Oc4ccc5c6ccccc6n(-c6cc(C(C)(C([2H])([2H])[2H])C([2H])([2H])[2H])ccn6)c5c4)cc(C(C)(C)C)c3)c3ccccc32)c1)C([2H])([2H])[2H]. The van der Waals surface area contributed by atoms with Crippen LogP contribution in [0, 0.1) is 0 Å². The van der Waals surface area contributed by atoms with Crippen molar-refractivity contribution in [3.8, 4) is 17.3 Å². The lowest BCUT2D eigenvalue weighted by Crippen LogP contribution is -2.25. The van der Waals surface area contributed by atoms with Crippen molar-refractivity contribution >= 4 is 44.6 Å². The van der Waals surface area contributed by atoms with E-state index in [-0.39, 0.29) is 16.5 Å². The van der Waals surface area contributed by atoms with E-state index in [2.05, 4.69) is 36.7 Å². The minimum Gasteiger partial charge on any atom is -0.457 e. The van der Waals surface area contributed by atoms with Gasteiger partial charge in [0.15, 0.2) is 0 Å². The second kappa shape index (κ2) is 12.5. The molecule has 1 aliphatic heterocycles. The molecule has 0 N–H and O–H groups in total. The molecule has 0 radical (unpaired) electrons. The van der Waals surface area contributed by atoms with Crippen molar-refractivity contribution in [3.05, 3.63) is 144 Å². The van der Waals surface area contributed by atoms with E-state index in [1.54, 1.807) is 24.3 Å². The van der Waals surface area contributed by atoms with Crippen LogP contribution in [0.1, 0.15) is 95.2 Å². The summed E-state index contributed by atoms with van der Waals surface area (Å²) in [5.74, 6) is 1.42. The van der Waals surface area contributed by atoms with Gasteiger partial charge in [-0.1, -0.05) is 104 Å². The van der Waals surface area contributed by atoms with Crippen molar-refractivity contribution in [1.82, 2.24) is 9.55 Å². The number of fused-ring (bicyclic) bond motifs is 4. The highest BCUT2D eigenvalue weighted by atomic mass is 16.5. The Balaban J connectivity index is 1.21. The highest BCUT2D eigenvalue weighted by Crippen LogP contribution is 2.46. The molecule has 0 spiro atoms. The Kier molecular flexibility index (Phi) is 5.49. The van der Waals surface area contributed by atoms with Crippen LogP contribution in [0.3, 0.4) is 0 Å². The molecule has 5 nitrogen and oxygen atoms in total. The molecule has 1 aliphatic rings. The standard InChI is InChI=1S/C48H50N4O/c1-46(2,3)32-15-14-16-35(25-32)50-31-51(43-20-13-12-19-42(43)50)36-26-34(48(7,8)9)27-38(29-36)53-37-21-22-40-39-17-10-11-18-41(39)52(44(40)30-37)45-28-33(23-24-49-45)47(4,5)6/h10-30H,31H2,1-9H3/i1D3,2D3,4D3,5D3. The molecule has 2 aromatic heterocycles. The summed E-state index contributed by atoms with van der Waals surface area (Å²) in [6.07, 6.45) is 1.45. The summed E-state index contributed by atoms with van der Waals surface area (Å²) in [6, 6.07) is 37.2. The second-order valence-corrected chi connectivity index (χ2v) is 15.3. The fraction of sp³-hybridized carbons (Fsp3) is 0.271. The first-order chi connectivity index (χ1) is 30.1. The van der Waals surface area contributed by atoms with E-state index in [1.807, 2.05) is 94.4 Å². The Bertz CT molecular complexity index is 2910. The maximum absolute atomic E-state index is 8.28. The van der Waals surface area contributed by atoms with Crippen LogP contribution in [0.4, 0.5) is 22.7 Å². The normalized spacial score (nSPS) is 17.9. The summed E-state index contributed by atoms with van der Waals surface area (Å²) in [5.41, 5.74) is 1.44. The molecule has 8 rings (SSSR count). The number of hydrogen-bond donors (Lipinski definition) is 0. The summed E-state index contributed by atoms with van der Waals surface area (Å²) in [7, 11) is 0. The van der Waals surface area contributed by atoms with Crippen molar-refractivity contribution in [2.24, 2.45) is 0 Å². The molecular weight excluding hydrogens is 649 g/mol. The quantitative estimate of drug-likeness (QED) is 0.178. The van der Waals surface area contributed by atoms with Crippen molar-refractivity contribution in [2.75, 3.05) is 16.5 Å². The third-order valence-electron chi connectivity index (χ3n) is 9.98. The zero-order valence-electron chi connectivity index (χ0n) is 42.5. The molecule has 3 heterocycles. The number of para-hydroxylation sites is 3. The topological polar surface area (TPSA) is 33.5 Å². The Morgan fingerprint density at radius 2 is 1.21 bits per heavy atom. The van der Waals surface area contributed by atoms with Gasteiger partial charge in [0, 0.05) is 56.9 Å². The highest BCUT2D eigenvalue weighted by molar-refractivity contribution is 6.09. The number of benzene rings is 5. The van der Waals surface area contributed by atoms with Gasteiger partial charge < -0.3 is 14.5 Å². The zero-order valence-corrected chi connectivity index (χ0v) is 30.5. The summed E-state index contributed by atoms with van der Waals surface area (Å²) < 4.78 is 108. The lowest BCUT2D eigenvalue weighted by Gasteiger charge is -2.27. The average molecular weight is 711 g/mol. The molecule has 0 aliphatic carbocycles. The van der Waals surface area contributed by atoms with E-state index < -0.39 is 38.2 Å². The van der Waals surface area contributed by atoms with Gasteiger partial charge in [-0.15, -0.1) is 0 Å². The molecule has 0 amide bonds. The molecule has 53 heavy (non-hydrogen) atoms. The lowest BCUT2D eigenvalue weighted by atomic mass is 9.86. The van der Waals surface area contributed by atoms with Crippen LogP contribution in [-0.2, 0) is 16.2 Å². The minimum absolute atomic E-state index is 0.117. The molecule has 5 aromatic carbocycles. The van der Waals surface area contributed by atoms with Gasteiger partial charge in [0.05, 0.1) is 22.4 Å². The molecule has 268 valence electrons. The van der Waals surface area contributed by atoms with Gasteiger partial charge in [-0.25, -0.2) is 4.98 Å². The third-order valence-corrected chi connectivity index (χ3v) is 9.98. The minimum atomic E-state index is -2.84. The first-order valence-electron chi connectivity index (χ1n) is 23.7. The third kappa shape index (κ3) is 6.43. The van der Waals surface area contributed by atoms with Crippen molar-refractivity contribution in [3.63, 3.8) is 0 Å². The van der Waals surface area contributed by atoms with E-state index in [9.17, 15) is 0 Å². The van der Waals surface area contributed by atoms with Gasteiger partial charge >= 0.3 is 0 Å². The van der Waals surface area contributed by atoms with Crippen molar-refractivity contribution < 1.29 is 21.2 Å². The summed E-state index contributed by atoms with van der Waals surface area (Å²) in [5, 5.41) is 1.80. The fourth-order valence-corrected chi connectivity index (χ4v) is 7.12. The predicted octanol–water partition coefficient (Wildman–Crippen LogP) is 13.1. The first-order valence-corrected chi connectivity index (χ1v) is 17.7. The van der Waals surface area contributed by atoms with Gasteiger partial charge in [-0.3, -0.25) is 4.57 Å². The Morgan fingerprint density at radius 3 is 1.94 bits per heavy atom. The number of aromatic nitrogens is 2. The van der Waals surface area contributed by atoms with E-state index in [4.69, 9.17) is 21.2 Å². The first kappa shape index (κ1) is 23.2. The Hall–Kier alpha value is -5.55. The maximum Gasteiger partial charge on any atom is 0.137 e. The van der Waals surface area contributed by atoms with Gasteiger partial charge in [0.25, 0.3) is 0 Å². The van der Waals surface area contributed by atoms with Crippen LogP contribution in [0.2, 0.25) is 0 Å². The Morgan fingerprint density at radius 1 is 0.547 bits per heavy atom. The van der Waals surface area contributed by atoms with Crippen molar-refractivity contribution in [1.29, 1.82) is 0 Å². The highest BCUT2D eigenvalue weighted by Gasteiger charge is 2.30. The maximum atomic E-state index is 8.28. The van der Waals surface area contributed by atoms with Crippen LogP contribution in [0.25, 0.3) is 27.6 Å². The molecule has 0 fully saturated rings. The number of pyridine rings is 1. The Labute approximate surface area is 331 Å². The van der Waals surface area contributed by atoms with Crippen LogP contribution >= 0.6 is 0 Å². The summed E-state index contributed by atoms with van der Waals surface area (Å²) in [6.45, 7) is -2.07. The lowest BCUT2D eigenvalue weighted by molar-refractivity contribution is 0.479. The van der Waals surface area contributed by atoms with E-state index in [0.29, 0.717) is 35.2 Å². The molecule has 0 saturated carbocycles. The smallest absolute Gasteiger partial charge is 0.137 e. The van der Waals surface area contributed by atoms with Crippen LogP contribution in [-0.4, -0.2) is 16.2 Å². The predicted molar refractivity (Wildman–Crippen MR) is 223 cm³/mol. The molecule has 0 saturated heterocycles. The zero-order chi connectivity index (χ0) is 47.3. The van der Waals surface area contributed by atoms with Gasteiger partial charge in [-0.2, -0.15) is 0 Å². The number of nitrogens with zero attached hydrogens (tertiary/aromatic N) is 4. The summed E-state index contributed by atoms with van der Waals surface area (Å²) in [4.78, 5) is 8.83.